The van der Waals surface area contributed by atoms with Gasteiger partial charge >= 0.3 is 0 Å². The maximum Gasteiger partial charge on any atom is 0.152 e. The summed E-state index contributed by atoms with van der Waals surface area (Å²) < 4.78 is 37.3. The van der Waals surface area contributed by atoms with Crippen LogP contribution in [0, 0.1) is 5.82 Å². The summed E-state index contributed by atoms with van der Waals surface area (Å²) in [7, 11) is -1.23. The fourth-order valence-electron chi connectivity index (χ4n) is 2.73. The second-order valence-electron chi connectivity index (χ2n) is 5.60. The lowest BCUT2D eigenvalue weighted by molar-refractivity contribution is 0.594. The third kappa shape index (κ3) is 3.30. The van der Waals surface area contributed by atoms with Crippen molar-refractivity contribution in [3.05, 3.63) is 29.6 Å². The summed E-state index contributed by atoms with van der Waals surface area (Å²) in [6.45, 7) is 1.87. The molecule has 1 aliphatic heterocycles. The summed E-state index contributed by atoms with van der Waals surface area (Å²) in [6.07, 6.45) is 1.11. The van der Waals surface area contributed by atoms with Crippen LogP contribution in [0.15, 0.2) is 18.2 Å². The molecular formula is C14H21FN2O2S. The Morgan fingerprint density at radius 2 is 2.20 bits per heavy atom. The van der Waals surface area contributed by atoms with E-state index in [1.807, 2.05) is 13.0 Å². The first kappa shape index (κ1) is 15.3. The summed E-state index contributed by atoms with van der Waals surface area (Å²) in [5.41, 5.74) is 7.11. The number of nitrogens with two attached hydrogens (primary N) is 1. The van der Waals surface area contributed by atoms with E-state index in [9.17, 15) is 12.8 Å². The average molecular weight is 300 g/mol. The van der Waals surface area contributed by atoms with Gasteiger partial charge in [-0.3, -0.25) is 0 Å². The molecule has 6 heteroatoms. The molecular weight excluding hydrogens is 279 g/mol. The lowest BCUT2D eigenvalue weighted by Gasteiger charge is -2.28. The third-order valence-electron chi connectivity index (χ3n) is 3.72. The minimum Gasteiger partial charge on any atom is -0.368 e. The molecule has 0 aliphatic carbocycles. The second-order valence-corrected chi connectivity index (χ2v) is 7.83. The maximum absolute atomic E-state index is 14.2. The average Bonchev–Trinajstić information content (AvgIpc) is 2.68. The van der Waals surface area contributed by atoms with Gasteiger partial charge in [0.2, 0.25) is 0 Å². The fraction of sp³-hybridized carbons (Fsp3) is 0.571. The van der Waals surface area contributed by atoms with Crippen molar-refractivity contribution in [3.63, 3.8) is 0 Å². The van der Waals surface area contributed by atoms with Crippen molar-refractivity contribution in [2.45, 2.75) is 31.8 Å². The van der Waals surface area contributed by atoms with E-state index < -0.39 is 9.84 Å². The molecule has 2 N–H and O–H groups in total. The number of hydrogen-bond acceptors (Lipinski definition) is 4. The van der Waals surface area contributed by atoms with Crippen molar-refractivity contribution in [1.82, 2.24) is 0 Å². The van der Waals surface area contributed by atoms with Gasteiger partial charge in [-0.25, -0.2) is 12.8 Å². The predicted molar refractivity (Wildman–Crippen MR) is 79.2 cm³/mol. The SMILES string of the molecule is CC(N)Cc1cccc(F)c1N(C)C1CCS(=O)(=O)C1. The van der Waals surface area contributed by atoms with Crippen LogP contribution in [0.2, 0.25) is 0 Å². The van der Waals surface area contributed by atoms with Crippen LogP contribution in [0.1, 0.15) is 18.9 Å². The molecule has 4 nitrogen and oxygen atoms in total. The van der Waals surface area contributed by atoms with E-state index in [1.54, 1.807) is 18.0 Å². The zero-order chi connectivity index (χ0) is 14.9. The Labute approximate surface area is 119 Å². The van der Waals surface area contributed by atoms with Crippen molar-refractivity contribution in [2.75, 3.05) is 23.5 Å². The highest BCUT2D eigenvalue weighted by molar-refractivity contribution is 7.91. The molecule has 0 spiro atoms. The monoisotopic (exact) mass is 300 g/mol. The highest BCUT2D eigenvalue weighted by atomic mass is 32.2. The van der Waals surface area contributed by atoms with Gasteiger partial charge in [0.1, 0.15) is 5.82 Å². The van der Waals surface area contributed by atoms with Gasteiger partial charge in [-0.05, 0) is 31.4 Å². The Kier molecular flexibility index (Phi) is 4.34. The largest absolute Gasteiger partial charge is 0.368 e. The Hall–Kier alpha value is -1.14. The van der Waals surface area contributed by atoms with Gasteiger partial charge in [0.15, 0.2) is 9.84 Å². The van der Waals surface area contributed by atoms with Crippen LogP contribution in [0.5, 0.6) is 0 Å². The number of nitrogens with zero attached hydrogens (tertiary/aromatic N) is 1. The van der Waals surface area contributed by atoms with Crippen LogP contribution in [0.25, 0.3) is 0 Å². The second kappa shape index (κ2) is 5.69. The standard InChI is InChI=1S/C14H21FN2O2S/c1-10(16)8-11-4-3-5-13(15)14(11)17(2)12-6-7-20(18,19)9-12/h3-5,10,12H,6-9,16H2,1-2H3. The van der Waals surface area contributed by atoms with Crippen LogP contribution in [0.3, 0.4) is 0 Å². The third-order valence-corrected chi connectivity index (χ3v) is 5.47. The number of anilines is 1. The Balaban J connectivity index is 2.31. The quantitative estimate of drug-likeness (QED) is 0.911. The molecule has 2 unspecified atom stereocenters. The number of halogens is 1. The molecule has 0 aromatic heterocycles. The molecule has 1 fully saturated rings. The first-order valence-electron chi connectivity index (χ1n) is 6.76. The molecule has 1 aliphatic rings. The smallest absolute Gasteiger partial charge is 0.152 e. The molecule has 0 bridgehead atoms. The van der Waals surface area contributed by atoms with Crippen molar-refractivity contribution in [3.8, 4) is 0 Å². The zero-order valence-corrected chi connectivity index (χ0v) is 12.7. The fourth-order valence-corrected chi connectivity index (χ4v) is 4.50. The van der Waals surface area contributed by atoms with E-state index in [0.29, 0.717) is 18.5 Å². The minimum atomic E-state index is -2.99. The van der Waals surface area contributed by atoms with Gasteiger partial charge in [0.25, 0.3) is 0 Å². The molecule has 20 heavy (non-hydrogen) atoms. The van der Waals surface area contributed by atoms with Gasteiger partial charge in [0, 0.05) is 19.1 Å². The molecule has 1 heterocycles. The number of benzene rings is 1. The van der Waals surface area contributed by atoms with Crippen LogP contribution in [0.4, 0.5) is 10.1 Å². The van der Waals surface area contributed by atoms with E-state index in [2.05, 4.69) is 0 Å². The topological polar surface area (TPSA) is 63.4 Å². The van der Waals surface area contributed by atoms with Crippen molar-refractivity contribution < 1.29 is 12.8 Å². The summed E-state index contributed by atoms with van der Waals surface area (Å²) in [5, 5.41) is 0. The summed E-state index contributed by atoms with van der Waals surface area (Å²) in [4.78, 5) is 1.76. The van der Waals surface area contributed by atoms with Crippen LogP contribution in [-0.2, 0) is 16.3 Å². The molecule has 112 valence electrons. The molecule has 2 atom stereocenters. The zero-order valence-electron chi connectivity index (χ0n) is 11.8. The molecule has 0 amide bonds. The summed E-state index contributed by atoms with van der Waals surface area (Å²) >= 11 is 0. The van der Waals surface area contributed by atoms with E-state index in [4.69, 9.17) is 5.73 Å². The van der Waals surface area contributed by atoms with Gasteiger partial charge in [0.05, 0.1) is 17.2 Å². The first-order chi connectivity index (χ1) is 9.30. The number of hydrogen-bond donors (Lipinski definition) is 1. The van der Waals surface area contributed by atoms with Gasteiger partial charge in [-0.2, -0.15) is 0 Å². The van der Waals surface area contributed by atoms with E-state index in [1.165, 1.54) is 6.07 Å². The van der Waals surface area contributed by atoms with E-state index in [0.717, 1.165) is 5.56 Å². The molecule has 1 aromatic carbocycles. The van der Waals surface area contributed by atoms with Gasteiger partial charge in [-0.15, -0.1) is 0 Å². The van der Waals surface area contributed by atoms with E-state index >= 15 is 0 Å². The highest BCUT2D eigenvalue weighted by Crippen LogP contribution is 2.29. The normalized spacial score (nSPS) is 22.7. The van der Waals surface area contributed by atoms with Crippen LogP contribution in [-0.4, -0.2) is 39.1 Å². The molecule has 2 rings (SSSR count). The van der Waals surface area contributed by atoms with Crippen LogP contribution >= 0.6 is 0 Å². The van der Waals surface area contributed by atoms with Crippen LogP contribution < -0.4 is 10.6 Å². The molecule has 1 saturated heterocycles. The number of rotatable bonds is 4. The Bertz CT molecular complexity index is 587. The lowest BCUT2D eigenvalue weighted by atomic mass is 10.0. The molecule has 0 saturated carbocycles. The van der Waals surface area contributed by atoms with Crippen molar-refractivity contribution in [2.24, 2.45) is 5.73 Å². The van der Waals surface area contributed by atoms with E-state index in [-0.39, 0.29) is 29.4 Å². The maximum atomic E-state index is 14.2. The Morgan fingerprint density at radius 1 is 1.50 bits per heavy atom. The van der Waals surface area contributed by atoms with Crippen molar-refractivity contribution in [1.29, 1.82) is 0 Å². The summed E-state index contributed by atoms with van der Waals surface area (Å²) in [6, 6.07) is 4.68. The number of para-hydroxylation sites is 1. The van der Waals surface area contributed by atoms with Crippen molar-refractivity contribution >= 4 is 15.5 Å². The molecule has 0 radical (unpaired) electrons. The first-order valence-corrected chi connectivity index (χ1v) is 8.58. The highest BCUT2D eigenvalue weighted by Gasteiger charge is 2.32. The molecule has 1 aromatic rings. The van der Waals surface area contributed by atoms with Gasteiger partial charge in [-0.1, -0.05) is 12.1 Å². The Morgan fingerprint density at radius 3 is 2.75 bits per heavy atom. The summed E-state index contributed by atoms with van der Waals surface area (Å²) in [5.74, 6) is -0.0518. The number of sulfone groups is 1. The minimum absolute atomic E-state index is 0.0729. The van der Waals surface area contributed by atoms with Gasteiger partial charge < -0.3 is 10.6 Å². The predicted octanol–water partition coefficient (Wildman–Crippen LogP) is 1.34. The lowest BCUT2D eigenvalue weighted by Crippen LogP contribution is -2.34.